The molecule has 0 bridgehead atoms. The fourth-order valence-electron chi connectivity index (χ4n) is 1.31. The standard InChI is InChI=1S/C10H10OS/c11-12(9-5-1-2-6-9)10-7-3-4-8-10/h1-10H. The Morgan fingerprint density at radius 2 is 1.08 bits per heavy atom. The van der Waals surface area contributed by atoms with Crippen LogP contribution in [-0.2, 0) is 10.8 Å². The van der Waals surface area contributed by atoms with E-state index in [9.17, 15) is 4.21 Å². The first-order valence-corrected chi connectivity index (χ1v) is 5.25. The average Bonchev–Trinajstić information content (AvgIpc) is 2.77. The highest BCUT2D eigenvalue weighted by atomic mass is 32.2. The van der Waals surface area contributed by atoms with Crippen LogP contribution in [0.4, 0.5) is 0 Å². The van der Waals surface area contributed by atoms with Crippen molar-refractivity contribution >= 4 is 10.8 Å². The molecule has 0 heterocycles. The summed E-state index contributed by atoms with van der Waals surface area (Å²) in [5.41, 5.74) is 0. The second-order valence-electron chi connectivity index (χ2n) is 2.80. The molecule has 0 saturated heterocycles. The summed E-state index contributed by atoms with van der Waals surface area (Å²) in [6, 6.07) is 0. The Morgan fingerprint density at radius 1 is 0.750 bits per heavy atom. The van der Waals surface area contributed by atoms with Crippen LogP contribution in [0.15, 0.2) is 48.6 Å². The highest BCUT2D eigenvalue weighted by Crippen LogP contribution is 2.16. The summed E-state index contributed by atoms with van der Waals surface area (Å²) in [5, 5.41) is 0.227. The lowest BCUT2D eigenvalue weighted by molar-refractivity contribution is 0.681. The molecule has 0 radical (unpaired) electrons. The van der Waals surface area contributed by atoms with E-state index >= 15 is 0 Å². The summed E-state index contributed by atoms with van der Waals surface area (Å²) >= 11 is 0. The SMILES string of the molecule is O=S(C1C=CC=C1)C1C=CC=C1. The minimum Gasteiger partial charge on any atom is -0.258 e. The Bertz CT molecular complexity index is 256. The summed E-state index contributed by atoms with van der Waals surface area (Å²) in [4.78, 5) is 0. The minimum absolute atomic E-state index is 0.113. The molecule has 2 rings (SSSR count). The van der Waals surface area contributed by atoms with E-state index in [4.69, 9.17) is 0 Å². The van der Waals surface area contributed by atoms with Crippen LogP contribution in [0.1, 0.15) is 0 Å². The van der Waals surface area contributed by atoms with Crippen molar-refractivity contribution < 1.29 is 4.21 Å². The smallest absolute Gasteiger partial charge is 0.0723 e. The second kappa shape index (κ2) is 3.23. The molecule has 0 aromatic rings. The van der Waals surface area contributed by atoms with Crippen LogP contribution in [0.2, 0.25) is 0 Å². The van der Waals surface area contributed by atoms with E-state index in [2.05, 4.69) is 0 Å². The van der Waals surface area contributed by atoms with Crippen molar-refractivity contribution in [3.05, 3.63) is 48.6 Å². The molecule has 0 amide bonds. The molecular formula is C10H10OS. The molecule has 1 nitrogen and oxygen atoms in total. The van der Waals surface area contributed by atoms with Gasteiger partial charge < -0.3 is 0 Å². The number of hydrogen-bond donors (Lipinski definition) is 0. The van der Waals surface area contributed by atoms with Gasteiger partial charge in [-0.05, 0) is 0 Å². The first-order chi connectivity index (χ1) is 5.88. The lowest BCUT2D eigenvalue weighted by Crippen LogP contribution is -2.17. The lowest BCUT2D eigenvalue weighted by atomic mass is 10.5. The highest BCUT2D eigenvalue weighted by Gasteiger charge is 2.19. The number of rotatable bonds is 2. The van der Waals surface area contributed by atoms with E-state index < -0.39 is 10.8 Å². The quantitative estimate of drug-likeness (QED) is 0.629. The Kier molecular flexibility index (Phi) is 2.09. The van der Waals surface area contributed by atoms with Crippen molar-refractivity contribution in [2.24, 2.45) is 0 Å². The topological polar surface area (TPSA) is 17.1 Å². The zero-order chi connectivity index (χ0) is 8.39. The third-order valence-corrected chi connectivity index (χ3v) is 3.66. The van der Waals surface area contributed by atoms with E-state index in [1.165, 1.54) is 0 Å². The fourth-order valence-corrected chi connectivity index (χ4v) is 2.66. The van der Waals surface area contributed by atoms with Gasteiger partial charge in [-0.15, -0.1) is 0 Å². The van der Waals surface area contributed by atoms with Gasteiger partial charge in [0.15, 0.2) is 0 Å². The molecule has 2 heteroatoms. The summed E-state index contributed by atoms with van der Waals surface area (Å²) in [6.45, 7) is 0. The zero-order valence-corrected chi connectivity index (χ0v) is 7.41. The van der Waals surface area contributed by atoms with Gasteiger partial charge in [0.05, 0.1) is 10.5 Å². The van der Waals surface area contributed by atoms with Crippen molar-refractivity contribution in [1.29, 1.82) is 0 Å². The van der Waals surface area contributed by atoms with Crippen LogP contribution in [0.5, 0.6) is 0 Å². The summed E-state index contributed by atoms with van der Waals surface area (Å²) in [7, 11) is -0.818. The average molecular weight is 178 g/mol. The molecule has 0 saturated carbocycles. The first kappa shape index (κ1) is 7.74. The number of hydrogen-bond acceptors (Lipinski definition) is 1. The predicted octanol–water partition coefficient (Wildman–Crippen LogP) is 1.72. The van der Waals surface area contributed by atoms with Crippen molar-refractivity contribution in [2.45, 2.75) is 10.5 Å². The first-order valence-electron chi connectivity index (χ1n) is 3.97. The van der Waals surface area contributed by atoms with Crippen LogP contribution < -0.4 is 0 Å². The van der Waals surface area contributed by atoms with Crippen LogP contribution >= 0.6 is 0 Å². The number of allylic oxidation sites excluding steroid dienone is 4. The minimum atomic E-state index is -0.818. The molecule has 12 heavy (non-hydrogen) atoms. The zero-order valence-electron chi connectivity index (χ0n) is 6.59. The van der Waals surface area contributed by atoms with Crippen LogP contribution in [0, 0.1) is 0 Å². The van der Waals surface area contributed by atoms with Gasteiger partial charge in [-0.3, -0.25) is 4.21 Å². The molecule has 0 aliphatic heterocycles. The van der Waals surface area contributed by atoms with Gasteiger partial charge in [-0.25, -0.2) is 0 Å². The molecular weight excluding hydrogens is 168 g/mol. The molecule has 0 fully saturated rings. The largest absolute Gasteiger partial charge is 0.258 e. The molecule has 2 aliphatic carbocycles. The molecule has 62 valence electrons. The van der Waals surface area contributed by atoms with Crippen molar-refractivity contribution in [3.63, 3.8) is 0 Å². The molecule has 0 atom stereocenters. The second-order valence-corrected chi connectivity index (χ2v) is 4.54. The van der Waals surface area contributed by atoms with E-state index in [1.54, 1.807) is 0 Å². The molecule has 0 spiro atoms. The highest BCUT2D eigenvalue weighted by molar-refractivity contribution is 7.87. The Balaban J connectivity index is 2.09. The maximum absolute atomic E-state index is 11.8. The Morgan fingerprint density at radius 3 is 1.42 bits per heavy atom. The molecule has 0 unspecified atom stereocenters. The summed E-state index contributed by atoms with van der Waals surface area (Å²) < 4.78 is 11.8. The normalized spacial score (nSPS) is 22.1. The van der Waals surface area contributed by atoms with Crippen molar-refractivity contribution in [3.8, 4) is 0 Å². The van der Waals surface area contributed by atoms with E-state index in [-0.39, 0.29) is 10.5 Å². The lowest BCUT2D eigenvalue weighted by Gasteiger charge is -2.08. The van der Waals surface area contributed by atoms with Gasteiger partial charge in [0.1, 0.15) is 0 Å². The van der Waals surface area contributed by atoms with Gasteiger partial charge >= 0.3 is 0 Å². The monoisotopic (exact) mass is 178 g/mol. The Labute approximate surface area is 74.6 Å². The molecule has 0 aromatic carbocycles. The maximum Gasteiger partial charge on any atom is 0.0723 e. The van der Waals surface area contributed by atoms with Gasteiger partial charge in [-0.1, -0.05) is 48.6 Å². The maximum atomic E-state index is 11.8. The van der Waals surface area contributed by atoms with Gasteiger partial charge in [0, 0.05) is 10.8 Å². The van der Waals surface area contributed by atoms with Crippen molar-refractivity contribution in [2.75, 3.05) is 0 Å². The molecule has 0 aromatic heterocycles. The van der Waals surface area contributed by atoms with E-state index in [0.717, 1.165) is 0 Å². The predicted molar refractivity (Wildman–Crippen MR) is 52.3 cm³/mol. The van der Waals surface area contributed by atoms with Gasteiger partial charge in [0.25, 0.3) is 0 Å². The summed E-state index contributed by atoms with van der Waals surface area (Å²) in [6.07, 6.45) is 15.7. The fraction of sp³-hybridized carbons (Fsp3) is 0.200. The van der Waals surface area contributed by atoms with Crippen LogP contribution in [-0.4, -0.2) is 14.7 Å². The van der Waals surface area contributed by atoms with Crippen molar-refractivity contribution in [1.82, 2.24) is 0 Å². The van der Waals surface area contributed by atoms with Gasteiger partial charge in [0.2, 0.25) is 0 Å². The summed E-state index contributed by atoms with van der Waals surface area (Å²) in [5.74, 6) is 0. The molecule has 0 N–H and O–H groups in total. The Hall–Kier alpha value is -0.890. The van der Waals surface area contributed by atoms with E-state index in [1.807, 2.05) is 48.6 Å². The molecule has 2 aliphatic rings. The van der Waals surface area contributed by atoms with Crippen LogP contribution in [0.25, 0.3) is 0 Å². The third kappa shape index (κ3) is 1.34. The third-order valence-electron chi connectivity index (χ3n) is 1.96. The van der Waals surface area contributed by atoms with E-state index in [0.29, 0.717) is 0 Å². The van der Waals surface area contributed by atoms with Crippen LogP contribution in [0.3, 0.4) is 0 Å². The van der Waals surface area contributed by atoms with Gasteiger partial charge in [-0.2, -0.15) is 0 Å².